The molecule has 0 saturated heterocycles. The molecular weight excluding hydrogens is 172 g/mol. The zero-order valence-electron chi connectivity index (χ0n) is 6.61. The van der Waals surface area contributed by atoms with Gasteiger partial charge in [0.2, 0.25) is 5.78 Å². The zero-order chi connectivity index (χ0) is 8.97. The zero-order valence-corrected chi connectivity index (χ0v) is 7.43. The fourth-order valence-corrected chi connectivity index (χ4v) is 1.23. The van der Waals surface area contributed by atoms with Crippen LogP contribution in [0, 0.1) is 0 Å². The molecule has 0 bridgehead atoms. The average molecular weight is 180 g/mol. The highest BCUT2D eigenvalue weighted by atomic mass is 32.2. The molecule has 62 valence electrons. The van der Waals surface area contributed by atoms with Crippen molar-refractivity contribution in [3.05, 3.63) is 29.8 Å². The van der Waals surface area contributed by atoms with E-state index in [-0.39, 0.29) is 0 Å². The molecule has 0 amide bonds. The Hall–Kier alpha value is -1.09. The van der Waals surface area contributed by atoms with Gasteiger partial charge in [-0.3, -0.25) is 9.59 Å². The average Bonchev–Trinajstić information content (AvgIpc) is 2.17. The Bertz CT molecular complexity index is 290. The Balaban J connectivity index is 2.91. The summed E-state index contributed by atoms with van der Waals surface area (Å²) in [6, 6.07) is 6.95. The van der Waals surface area contributed by atoms with Crippen molar-refractivity contribution in [2.45, 2.75) is 4.90 Å². The third-order valence-electron chi connectivity index (χ3n) is 1.48. The van der Waals surface area contributed by atoms with Crippen molar-refractivity contribution < 1.29 is 9.59 Å². The fraction of sp³-hybridized carbons (Fsp3) is 0.111. The maximum atomic E-state index is 10.8. The number of hydrogen-bond donors (Lipinski definition) is 0. The van der Waals surface area contributed by atoms with Gasteiger partial charge in [-0.25, -0.2) is 0 Å². The van der Waals surface area contributed by atoms with Gasteiger partial charge in [0, 0.05) is 10.5 Å². The predicted molar refractivity (Wildman–Crippen MR) is 48.6 cm³/mol. The molecule has 1 rings (SSSR count). The minimum absolute atomic E-state index is 0.327. The second-order valence-corrected chi connectivity index (χ2v) is 3.09. The van der Waals surface area contributed by atoms with Gasteiger partial charge in [0.1, 0.15) is 0 Å². The lowest BCUT2D eigenvalue weighted by Crippen LogP contribution is -1.98. The first-order valence-corrected chi connectivity index (χ1v) is 4.64. The molecule has 0 aromatic heterocycles. The van der Waals surface area contributed by atoms with Gasteiger partial charge in [-0.15, -0.1) is 11.8 Å². The van der Waals surface area contributed by atoms with Crippen LogP contribution in [0.25, 0.3) is 0 Å². The Kier molecular flexibility index (Phi) is 3.05. The SMILES string of the molecule is CSc1ccc(C(=O)C=O)cc1. The van der Waals surface area contributed by atoms with E-state index in [9.17, 15) is 9.59 Å². The summed E-state index contributed by atoms with van der Waals surface area (Å²) in [6.07, 6.45) is 2.28. The smallest absolute Gasteiger partial charge is 0.225 e. The molecule has 0 aliphatic heterocycles. The third-order valence-corrected chi connectivity index (χ3v) is 2.23. The van der Waals surface area contributed by atoms with Crippen LogP contribution in [0.4, 0.5) is 0 Å². The van der Waals surface area contributed by atoms with E-state index in [2.05, 4.69) is 0 Å². The summed E-state index contributed by atoms with van der Waals surface area (Å²) in [5.41, 5.74) is 0.447. The van der Waals surface area contributed by atoms with E-state index in [1.165, 1.54) is 0 Å². The number of ketones is 1. The maximum Gasteiger partial charge on any atom is 0.225 e. The normalized spacial score (nSPS) is 9.42. The van der Waals surface area contributed by atoms with Gasteiger partial charge in [0.25, 0.3) is 0 Å². The summed E-state index contributed by atoms with van der Waals surface area (Å²) in [5, 5.41) is 0. The largest absolute Gasteiger partial charge is 0.294 e. The van der Waals surface area contributed by atoms with Crippen molar-refractivity contribution in [2.24, 2.45) is 0 Å². The first kappa shape index (κ1) is 9.00. The molecular formula is C9H8O2S. The van der Waals surface area contributed by atoms with Gasteiger partial charge in [0.05, 0.1) is 0 Å². The van der Waals surface area contributed by atoms with Crippen LogP contribution in [0.3, 0.4) is 0 Å². The molecule has 2 nitrogen and oxygen atoms in total. The van der Waals surface area contributed by atoms with Gasteiger partial charge in [0.15, 0.2) is 6.29 Å². The Morgan fingerprint density at radius 2 is 1.92 bits per heavy atom. The minimum atomic E-state index is -0.470. The number of rotatable bonds is 3. The molecule has 0 unspecified atom stereocenters. The second kappa shape index (κ2) is 4.07. The van der Waals surface area contributed by atoms with Crippen molar-refractivity contribution in [1.29, 1.82) is 0 Å². The lowest BCUT2D eigenvalue weighted by atomic mass is 10.1. The van der Waals surface area contributed by atoms with E-state index in [0.717, 1.165) is 4.90 Å². The summed E-state index contributed by atoms with van der Waals surface area (Å²) >= 11 is 1.60. The topological polar surface area (TPSA) is 34.1 Å². The number of aldehydes is 1. The van der Waals surface area contributed by atoms with Crippen molar-refractivity contribution in [3.8, 4) is 0 Å². The van der Waals surface area contributed by atoms with Crippen molar-refractivity contribution >= 4 is 23.8 Å². The molecule has 0 N–H and O–H groups in total. The monoisotopic (exact) mass is 180 g/mol. The summed E-state index contributed by atoms with van der Waals surface area (Å²) in [5.74, 6) is -0.470. The standard InChI is InChI=1S/C9H8O2S/c1-12-8-4-2-7(3-5-8)9(11)6-10/h2-6H,1H3. The number of hydrogen-bond acceptors (Lipinski definition) is 3. The highest BCUT2D eigenvalue weighted by molar-refractivity contribution is 7.98. The second-order valence-electron chi connectivity index (χ2n) is 2.21. The molecule has 1 aromatic rings. The van der Waals surface area contributed by atoms with E-state index in [4.69, 9.17) is 0 Å². The summed E-state index contributed by atoms with van der Waals surface area (Å²) < 4.78 is 0. The lowest BCUT2D eigenvalue weighted by Gasteiger charge is -1.96. The van der Waals surface area contributed by atoms with Gasteiger partial charge in [-0.1, -0.05) is 0 Å². The van der Waals surface area contributed by atoms with Gasteiger partial charge in [-0.05, 0) is 30.5 Å². The molecule has 0 aliphatic rings. The number of thioether (sulfide) groups is 1. The van der Waals surface area contributed by atoms with Crippen molar-refractivity contribution in [1.82, 2.24) is 0 Å². The minimum Gasteiger partial charge on any atom is -0.294 e. The van der Waals surface area contributed by atoms with Gasteiger partial charge >= 0.3 is 0 Å². The van der Waals surface area contributed by atoms with E-state index >= 15 is 0 Å². The Morgan fingerprint density at radius 3 is 2.33 bits per heavy atom. The first-order chi connectivity index (χ1) is 5.77. The molecule has 0 atom stereocenters. The van der Waals surface area contributed by atoms with Crippen LogP contribution in [0.5, 0.6) is 0 Å². The molecule has 3 heteroatoms. The van der Waals surface area contributed by atoms with Crippen LogP contribution in [-0.2, 0) is 4.79 Å². The number of carbonyl (C=O) groups excluding carboxylic acids is 2. The van der Waals surface area contributed by atoms with Crippen LogP contribution in [0.15, 0.2) is 29.2 Å². The van der Waals surface area contributed by atoms with Gasteiger partial charge < -0.3 is 0 Å². The van der Waals surface area contributed by atoms with Crippen LogP contribution in [0.2, 0.25) is 0 Å². The summed E-state index contributed by atoms with van der Waals surface area (Å²) in [7, 11) is 0. The molecule has 12 heavy (non-hydrogen) atoms. The fourth-order valence-electron chi connectivity index (χ4n) is 0.823. The van der Waals surface area contributed by atoms with Crippen molar-refractivity contribution in [2.75, 3.05) is 6.26 Å². The molecule has 0 spiro atoms. The predicted octanol–water partition coefficient (Wildman–Crippen LogP) is 1.79. The Morgan fingerprint density at radius 1 is 1.33 bits per heavy atom. The lowest BCUT2D eigenvalue weighted by molar-refractivity contribution is -0.104. The highest BCUT2D eigenvalue weighted by Crippen LogP contribution is 2.14. The quantitative estimate of drug-likeness (QED) is 0.308. The number of benzene rings is 1. The first-order valence-electron chi connectivity index (χ1n) is 3.41. The summed E-state index contributed by atoms with van der Waals surface area (Å²) in [4.78, 5) is 22.0. The molecule has 0 saturated carbocycles. The third kappa shape index (κ3) is 1.95. The highest BCUT2D eigenvalue weighted by Gasteiger charge is 2.01. The molecule has 0 radical (unpaired) electrons. The van der Waals surface area contributed by atoms with Crippen LogP contribution in [0.1, 0.15) is 10.4 Å². The van der Waals surface area contributed by atoms with Gasteiger partial charge in [-0.2, -0.15) is 0 Å². The van der Waals surface area contributed by atoms with E-state index < -0.39 is 5.78 Å². The molecule has 0 aliphatic carbocycles. The molecule has 0 heterocycles. The number of Topliss-reactive ketones (excluding diaryl/α,β-unsaturated/α-hetero) is 1. The molecule has 0 fully saturated rings. The van der Waals surface area contributed by atoms with Crippen LogP contribution < -0.4 is 0 Å². The molecule has 1 aromatic carbocycles. The van der Waals surface area contributed by atoms with Crippen molar-refractivity contribution in [3.63, 3.8) is 0 Å². The van der Waals surface area contributed by atoms with E-state index in [1.807, 2.05) is 18.4 Å². The van der Waals surface area contributed by atoms with Crippen LogP contribution >= 0.6 is 11.8 Å². The van der Waals surface area contributed by atoms with Crippen LogP contribution in [-0.4, -0.2) is 18.3 Å². The Labute approximate surface area is 75.0 Å². The van der Waals surface area contributed by atoms with E-state index in [1.54, 1.807) is 23.9 Å². The summed E-state index contributed by atoms with van der Waals surface area (Å²) in [6.45, 7) is 0. The van der Waals surface area contributed by atoms with E-state index in [0.29, 0.717) is 11.8 Å². The maximum absolute atomic E-state index is 10.8. The number of carbonyl (C=O) groups is 2.